The summed E-state index contributed by atoms with van der Waals surface area (Å²) < 4.78 is 54.2. The standard InChI is InChI=1S/C29H32N4O5S2/c1-2-39(35,36)33-13-11-21(12-14-33)27-19-31-28-25(27)16-23(17-26(28)29(30)34)22-8-6-7-20(15-22)18-32-40(37,38)24-9-4-3-5-10-24/h3-10,15-17,19,21,31-32H,2,11-14,18H2,1H3,(H2,30,34). The molecule has 2 heterocycles. The second-order valence-corrected chi connectivity index (χ2v) is 14.0. The number of hydrogen-bond acceptors (Lipinski definition) is 5. The molecule has 0 unspecified atom stereocenters. The van der Waals surface area contributed by atoms with Crippen molar-refractivity contribution in [2.75, 3.05) is 18.8 Å². The Kier molecular flexibility index (Phi) is 7.83. The van der Waals surface area contributed by atoms with Gasteiger partial charge in [-0.2, -0.15) is 0 Å². The van der Waals surface area contributed by atoms with Crippen LogP contribution < -0.4 is 10.5 Å². The highest BCUT2D eigenvalue weighted by Crippen LogP contribution is 2.37. The second kappa shape index (κ2) is 11.2. The van der Waals surface area contributed by atoms with Gasteiger partial charge >= 0.3 is 0 Å². The lowest BCUT2D eigenvalue weighted by molar-refractivity contribution is 0.100. The molecule has 0 aliphatic carbocycles. The number of aromatic amines is 1. The number of nitrogens with two attached hydrogens (primary N) is 1. The molecular weight excluding hydrogens is 548 g/mol. The van der Waals surface area contributed by atoms with Crippen LogP contribution in [0.3, 0.4) is 0 Å². The summed E-state index contributed by atoms with van der Waals surface area (Å²) in [4.78, 5) is 15.9. The first-order valence-corrected chi connectivity index (χ1v) is 16.2. The summed E-state index contributed by atoms with van der Waals surface area (Å²) in [6.45, 7) is 2.67. The Balaban J connectivity index is 1.44. The summed E-state index contributed by atoms with van der Waals surface area (Å²) in [5.74, 6) is -0.342. The van der Waals surface area contributed by atoms with Crippen molar-refractivity contribution in [3.63, 3.8) is 0 Å². The number of fused-ring (bicyclic) bond motifs is 1. The van der Waals surface area contributed by atoms with Crippen LogP contribution in [0.2, 0.25) is 0 Å². The maximum atomic E-state index is 12.7. The Bertz CT molecular complexity index is 1760. The number of carbonyl (C=O) groups excluding carboxylic acids is 1. The molecule has 40 heavy (non-hydrogen) atoms. The van der Waals surface area contributed by atoms with E-state index in [1.165, 1.54) is 0 Å². The Morgan fingerprint density at radius 2 is 1.70 bits per heavy atom. The molecule has 1 aliphatic heterocycles. The van der Waals surface area contributed by atoms with E-state index in [-0.39, 0.29) is 23.1 Å². The predicted octanol–water partition coefficient (Wildman–Crippen LogP) is 3.94. The number of amides is 1. The van der Waals surface area contributed by atoms with E-state index in [0.717, 1.165) is 27.6 Å². The van der Waals surface area contributed by atoms with Gasteiger partial charge in [-0.05, 0) is 78.3 Å². The number of primary amides is 1. The molecule has 4 N–H and O–H groups in total. The number of sulfonamides is 2. The van der Waals surface area contributed by atoms with Crippen LogP contribution >= 0.6 is 0 Å². The van der Waals surface area contributed by atoms with E-state index >= 15 is 0 Å². The Labute approximate surface area is 234 Å². The quantitative estimate of drug-likeness (QED) is 0.275. The zero-order valence-electron chi connectivity index (χ0n) is 22.1. The average Bonchev–Trinajstić information content (AvgIpc) is 3.40. The summed E-state index contributed by atoms with van der Waals surface area (Å²) in [5, 5.41) is 0.873. The molecule has 0 atom stereocenters. The molecule has 0 saturated carbocycles. The van der Waals surface area contributed by atoms with Crippen molar-refractivity contribution in [3.05, 3.63) is 89.6 Å². The third kappa shape index (κ3) is 5.68. The predicted molar refractivity (Wildman–Crippen MR) is 156 cm³/mol. The Morgan fingerprint density at radius 3 is 2.38 bits per heavy atom. The molecule has 4 aromatic rings. The average molecular weight is 581 g/mol. The van der Waals surface area contributed by atoms with Crippen molar-refractivity contribution in [2.24, 2.45) is 5.73 Å². The van der Waals surface area contributed by atoms with Crippen LogP contribution in [0.1, 0.15) is 47.2 Å². The minimum Gasteiger partial charge on any atom is -0.366 e. The minimum atomic E-state index is -3.66. The van der Waals surface area contributed by atoms with Crippen LogP contribution in [-0.2, 0) is 26.6 Å². The van der Waals surface area contributed by atoms with Gasteiger partial charge in [-0.15, -0.1) is 0 Å². The van der Waals surface area contributed by atoms with E-state index in [2.05, 4.69) is 9.71 Å². The summed E-state index contributed by atoms with van der Waals surface area (Å²) in [6, 6.07) is 19.4. The third-order valence-electron chi connectivity index (χ3n) is 7.52. The molecule has 210 valence electrons. The summed E-state index contributed by atoms with van der Waals surface area (Å²) in [5.41, 5.74) is 10.2. The van der Waals surface area contributed by atoms with Gasteiger partial charge in [-0.3, -0.25) is 4.79 Å². The van der Waals surface area contributed by atoms with E-state index in [9.17, 15) is 21.6 Å². The molecule has 0 bridgehead atoms. The van der Waals surface area contributed by atoms with Gasteiger partial charge in [0, 0.05) is 31.2 Å². The molecule has 5 rings (SSSR count). The maximum Gasteiger partial charge on any atom is 0.250 e. The highest BCUT2D eigenvalue weighted by molar-refractivity contribution is 7.89. The number of carbonyl (C=O) groups is 1. The molecule has 0 radical (unpaired) electrons. The number of hydrogen-bond donors (Lipinski definition) is 3. The number of piperidine rings is 1. The monoisotopic (exact) mass is 580 g/mol. The van der Waals surface area contributed by atoms with Crippen LogP contribution in [0.4, 0.5) is 0 Å². The Hall–Kier alpha value is -3.51. The van der Waals surface area contributed by atoms with Crippen LogP contribution in [0, 0.1) is 0 Å². The van der Waals surface area contributed by atoms with Crippen molar-refractivity contribution in [1.82, 2.24) is 14.0 Å². The number of nitrogens with one attached hydrogen (secondary N) is 2. The lowest BCUT2D eigenvalue weighted by Crippen LogP contribution is -2.38. The van der Waals surface area contributed by atoms with Crippen molar-refractivity contribution < 1.29 is 21.6 Å². The molecular formula is C29H32N4O5S2. The highest BCUT2D eigenvalue weighted by Gasteiger charge is 2.29. The number of nitrogens with zero attached hydrogens (tertiary/aromatic N) is 1. The first-order valence-electron chi connectivity index (χ1n) is 13.2. The van der Waals surface area contributed by atoms with Crippen molar-refractivity contribution in [1.29, 1.82) is 0 Å². The fraction of sp³-hybridized carbons (Fsp3) is 0.276. The smallest absolute Gasteiger partial charge is 0.250 e. The van der Waals surface area contributed by atoms with Crippen molar-refractivity contribution in [3.8, 4) is 11.1 Å². The summed E-state index contributed by atoms with van der Waals surface area (Å²) >= 11 is 0. The van der Waals surface area contributed by atoms with Gasteiger partial charge in [0.1, 0.15) is 0 Å². The Morgan fingerprint density at radius 1 is 0.975 bits per heavy atom. The fourth-order valence-corrected chi connectivity index (χ4v) is 7.47. The SMILES string of the molecule is CCS(=O)(=O)N1CCC(c2c[nH]c3c(C(N)=O)cc(-c4cccc(CNS(=O)(=O)c5ccccc5)c4)cc23)CC1. The first kappa shape index (κ1) is 28.0. The highest BCUT2D eigenvalue weighted by atomic mass is 32.2. The van der Waals surface area contributed by atoms with E-state index < -0.39 is 26.0 Å². The molecule has 0 spiro atoms. The normalized spacial score (nSPS) is 15.4. The first-order chi connectivity index (χ1) is 19.1. The summed E-state index contributed by atoms with van der Waals surface area (Å²) in [6.07, 6.45) is 3.25. The number of aromatic nitrogens is 1. The zero-order valence-corrected chi connectivity index (χ0v) is 23.8. The van der Waals surface area contributed by atoms with Crippen molar-refractivity contribution in [2.45, 2.75) is 37.1 Å². The molecule has 9 nitrogen and oxygen atoms in total. The van der Waals surface area contributed by atoms with Gasteiger partial charge in [0.2, 0.25) is 20.0 Å². The van der Waals surface area contributed by atoms with Crippen LogP contribution in [0.15, 0.2) is 77.8 Å². The van der Waals surface area contributed by atoms with E-state index in [4.69, 9.17) is 5.73 Å². The van der Waals surface area contributed by atoms with Gasteiger partial charge in [-0.1, -0.05) is 36.4 Å². The lowest BCUT2D eigenvalue weighted by Gasteiger charge is -2.31. The topological polar surface area (TPSA) is 142 Å². The molecule has 1 saturated heterocycles. The summed E-state index contributed by atoms with van der Waals surface area (Å²) in [7, 11) is -6.89. The van der Waals surface area contributed by atoms with E-state index in [1.54, 1.807) is 47.6 Å². The van der Waals surface area contributed by atoms with Crippen LogP contribution in [0.5, 0.6) is 0 Å². The lowest BCUT2D eigenvalue weighted by atomic mass is 9.88. The molecule has 1 aliphatic rings. The van der Waals surface area contributed by atoms with E-state index in [1.807, 2.05) is 36.5 Å². The maximum absolute atomic E-state index is 12.7. The fourth-order valence-electron chi connectivity index (χ4n) is 5.30. The number of rotatable bonds is 9. The van der Waals surface area contributed by atoms with Crippen LogP contribution in [0.25, 0.3) is 22.0 Å². The largest absolute Gasteiger partial charge is 0.366 e. The van der Waals surface area contributed by atoms with Gasteiger partial charge < -0.3 is 10.7 Å². The van der Waals surface area contributed by atoms with Crippen molar-refractivity contribution >= 4 is 36.9 Å². The third-order valence-corrected chi connectivity index (χ3v) is 10.8. The minimum absolute atomic E-state index is 0.0862. The zero-order chi connectivity index (χ0) is 28.5. The molecule has 3 aromatic carbocycles. The molecule has 1 fully saturated rings. The van der Waals surface area contributed by atoms with Gasteiger partial charge in [0.25, 0.3) is 5.91 Å². The van der Waals surface area contributed by atoms with E-state index in [0.29, 0.717) is 37.0 Å². The molecule has 11 heteroatoms. The number of benzene rings is 3. The number of H-pyrrole nitrogens is 1. The van der Waals surface area contributed by atoms with Gasteiger partial charge in [0.15, 0.2) is 0 Å². The van der Waals surface area contributed by atoms with Gasteiger partial charge in [-0.25, -0.2) is 25.9 Å². The molecule has 1 amide bonds. The molecule has 1 aromatic heterocycles. The van der Waals surface area contributed by atoms with Crippen LogP contribution in [-0.4, -0.2) is 50.9 Å². The van der Waals surface area contributed by atoms with Gasteiger partial charge in [0.05, 0.1) is 21.7 Å². The second-order valence-electron chi connectivity index (χ2n) is 9.97.